The van der Waals surface area contributed by atoms with Gasteiger partial charge in [0.05, 0.1) is 0 Å². The van der Waals surface area contributed by atoms with E-state index in [-0.39, 0.29) is 41.6 Å². The van der Waals surface area contributed by atoms with E-state index < -0.39 is 0 Å². The number of carbonyl (C=O) groups is 1. The first-order valence-corrected chi connectivity index (χ1v) is 8.46. The Kier molecular flexibility index (Phi) is 8.96. The van der Waals surface area contributed by atoms with Crippen LogP contribution >= 0.6 is 39.9 Å². The number of benzene rings is 1. The largest absolute Gasteiger partial charge is 0.370 e. The fraction of sp³-hybridized carbons (Fsp3) is 0.500. The van der Waals surface area contributed by atoms with Gasteiger partial charge in [-0.2, -0.15) is 0 Å². The van der Waals surface area contributed by atoms with Crippen LogP contribution in [0.2, 0.25) is 0 Å². The van der Waals surface area contributed by atoms with Crippen LogP contribution in [0.15, 0.2) is 27.7 Å². The summed E-state index contributed by atoms with van der Waals surface area (Å²) in [5.74, 6) is 0.499. The third-order valence-corrected chi connectivity index (χ3v) is 4.74. The van der Waals surface area contributed by atoms with Gasteiger partial charge in [-0.1, -0.05) is 15.9 Å². The third kappa shape index (κ3) is 6.19. The number of rotatable bonds is 4. The van der Waals surface area contributed by atoms with Gasteiger partial charge in [0.15, 0.2) is 5.96 Å². The molecular formula is C16H23BrFIN4O. The standard InChI is InChI=1S/C16H22BrFN4O.HI/c1-20-16(21-9-12-8-13(18)4-5-14(12)17)22-6-2-3-11(10-22)7-15(19)23;/h4-5,8,11H,2-3,6-7,9-10H2,1H3,(H2,19,23)(H,20,21);1H. The Hall–Kier alpha value is -0.900. The van der Waals surface area contributed by atoms with E-state index in [0.717, 1.165) is 41.9 Å². The minimum Gasteiger partial charge on any atom is -0.370 e. The highest BCUT2D eigenvalue weighted by atomic mass is 127. The summed E-state index contributed by atoms with van der Waals surface area (Å²) in [4.78, 5) is 17.5. The van der Waals surface area contributed by atoms with Crippen LogP contribution in [0.4, 0.5) is 4.39 Å². The molecule has 1 fully saturated rings. The van der Waals surface area contributed by atoms with Crippen LogP contribution in [0.5, 0.6) is 0 Å². The fourth-order valence-corrected chi connectivity index (χ4v) is 3.28. The number of halogens is 3. The number of amides is 1. The molecule has 3 N–H and O–H groups in total. The number of primary amides is 1. The maximum atomic E-state index is 13.3. The molecule has 2 rings (SSSR count). The molecule has 134 valence electrons. The number of nitrogens with zero attached hydrogens (tertiary/aromatic N) is 2. The van der Waals surface area contributed by atoms with Crippen molar-refractivity contribution in [3.63, 3.8) is 0 Å². The van der Waals surface area contributed by atoms with E-state index in [1.165, 1.54) is 12.1 Å². The smallest absolute Gasteiger partial charge is 0.217 e. The average Bonchev–Trinajstić information content (AvgIpc) is 2.51. The lowest BCUT2D eigenvalue weighted by atomic mass is 9.95. The van der Waals surface area contributed by atoms with Crippen molar-refractivity contribution in [3.8, 4) is 0 Å². The molecule has 0 radical (unpaired) electrons. The van der Waals surface area contributed by atoms with Crippen molar-refractivity contribution in [3.05, 3.63) is 34.1 Å². The topological polar surface area (TPSA) is 70.7 Å². The predicted molar refractivity (Wildman–Crippen MR) is 108 cm³/mol. The van der Waals surface area contributed by atoms with Gasteiger partial charge in [-0.25, -0.2) is 4.39 Å². The molecule has 1 atom stereocenters. The number of piperidine rings is 1. The molecule has 1 aliphatic rings. The molecule has 0 bridgehead atoms. The Balaban J connectivity index is 0.00000288. The number of carbonyl (C=O) groups excluding carboxylic acids is 1. The molecule has 5 nitrogen and oxygen atoms in total. The zero-order valence-corrected chi connectivity index (χ0v) is 17.5. The number of guanidine groups is 1. The van der Waals surface area contributed by atoms with E-state index in [0.29, 0.717) is 13.0 Å². The van der Waals surface area contributed by atoms with E-state index in [2.05, 4.69) is 31.1 Å². The van der Waals surface area contributed by atoms with Crippen molar-refractivity contribution >= 4 is 51.8 Å². The van der Waals surface area contributed by atoms with Gasteiger partial charge in [-0.15, -0.1) is 24.0 Å². The molecule has 1 aromatic rings. The Morgan fingerprint density at radius 2 is 2.29 bits per heavy atom. The van der Waals surface area contributed by atoms with Gasteiger partial charge in [0.25, 0.3) is 0 Å². The number of nitrogens with one attached hydrogen (secondary N) is 1. The first-order chi connectivity index (χ1) is 11.0. The van der Waals surface area contributed by atoms with Crippen LogP contribution < -0.4 is 11.1 Å². The lowest BCUT2D eigenvalue weighted by Gasteiger charge is -2.34. The Bertz CT molecular complexity index is 599. The van der Waals surface area contributed by atoms with Crippen molar-refractivity contribution in [2.45, 2.75) is 25.8 Å². The van der Waals surface area contributed by atoms with E-state index in [4.69, 9.17) is 5.73 Å². The lowest BCUT2D eigenvalue weighted by molar-refractivity contribution is -0.119. The van der Waals surface area contributed by atoms with Crippen LogP contribution in [0.3, 0.4) is 0 Å². The van der Waals surface area contributed by atoms with E-state index >= 15 is 0 Å². The number of nitrogens with two attached hydrogens (primary N) is 1. The Morgan fingerprint density at radius 1 is 1.54 bits per heavy atom. The minimum atomic E-state index is -0.264. The van der Waals surface area contributed by atoms with Crippen LogP contribution in [0.25, 0.3) is 0 Å². The maximum Gasteiger partial charge on any atom is 0.217 e. The van der Waals surface area contributed by atoms with Gasteiger partial charge in [-0.05, 0) is 42.5 Å². The highest BCUT2D eigenvalue weighted by molar-refractivity contribution is 14.0. The van der Waals surface area contributed by atoms with Gasteiger partial charge in [0.2, 0.25) is 5.91 Å². The highest BCUT2D eigenvalue weighted by Gasteiger charge is 2.23. The lowest BCUT2D eigenvalue weighted by Crippen LogP contribution is -2.46. The second-order valence-electron chi connectivity index (χ2n) is 5.76. The first kappa shape index (κ1) is 21.1. The summed E-state index contributed by atoms with van der Waals surface area (Å²) in [6.45, 7) is 2.12. The molecule has 1 saturated heterocycles. The summed E-state index contributed by atoms with van der Waals surface area (Å²) in [6, 6.07) is 4.61. The number of likely N-dealkylation sites (tertiary alicyclic amines) is 1. The molecule has 1 aliphatic heterocycles. The Labute approximate surface area is 167 Å². The van der Waals surface area contributed by atoms with Gasteiger partial charge < -0.3 is 16.0 Å². The van der Waals surface area contributed by atoms with Crippen LogP contribution in [-0.2, 0) is 11.3 Å². The molecular weight excluding hydrogens is 490 g/mol. The maximum absolute atomic E-state index is 13.3. The zero-order chi connectivity index (χ0) is 16.8. The van der Waals surface area contributed by atoms with Crippen LogP contribution in [0, 0.1) is 11.7 Å². The first-order valence-electron chi connectivity index (χ1n) is 7.67. The summed E-state index contributed by atoms with van der Waals surface area (Å²) in [5, 5.41) is 3.26. The van der Waals surface area contributed by atoms with Crippen molar-refractivity contribution < 1.29 is 9.18 Å². The van der Waals surface area contributed by atoms with Crippen molar-refractivity contribution in [1.29, 1.82) is 0 Å². The average molecular weight is 513 g/mol. The summed E-state index contributed by atoms with van der Waals surface area (Å²) in [7, 11) is 1.72. The second-order valence-corrected chi connectivity index (χ2v) is 6.62. The van der Waals surface area contributed by atoms with E-state index in [1.54, 1.807) is 13.1 Å². The molecule has 0 saturated carbocycles. The van der Waals surface area contributed by atoms with Crippen molar-refractivity contribution in [2.75, 3.05) is 20.1 Å². The van der Waals surface area contributed by atoms with Crippen LogP contribution in [0.1, 0.15) is 24.8 Å². The number of hydrogen-bond donors (Lipinski definition) is 2. The molecule has 0 aromatic heterocycles. The molecule has 1 amide bonds. The fourth-order valence-electron chi connectivity index (χ4n) is 2.89. The molecule has 1 heterocycles. The summed E-state index contributed by atoms with van der Waals surface area (Å²) in [6.07, 6.45) is 2.41. The Morgan fingerprint density at radius 3 is 2.96 bits per heavy atom. The van der Waals surface area contributed by atoms with Crippen molar-refractivity contribution in [1.82, 2.24) is 10.2 Å². The minimum absolute atomic E-state index is 0. The number of hydrogen-bond acceptors (Lipinski definition) is 2. The molecule has 1 aromatic carbocycles. The molecule has 24 heavy (non-hydrogen) atoms. The summed E-state index contributed by atoms with van der Waals surface area (Å²) >= 11 is 3.42. The number of aliphatic imine (C=N–C) groups is 1. The SMILES string of the molecule is CN=C(NCc1cc(F)ccc1Br)N1CCCC(CC(N)=O)C1.I. The van der Waals surface area contributed by atoms with E-state index in [1.807, 2.05) is 0 Å². The third-order valence-electron chi connectivity index (χ3n) is 3.96. The monoisotopic (exact) mass is 512 g/mol. The normalized spacial score (nSPS) is 18.0. The molecule has 0 aliphatic carbocycles. The molecule has 1 unspecified atom stereocenters. The molecule has 8 heteroatoms. The quantitative estimate of drug-likeness (QED) is 0.370. The molecule has 0 spiro atoms. The summed E-state index contributed by atoms with van der Waals surface area (Å²) in [5.41, 5.74) is 6.13. The summed E-state index contributed by atoms with van der Waals surface area (Å²) < 4.78 is 14.2. The van der Waals surface area contributed by atoms with Gasteiger partial charge in [0.1, 0.15) is 5.82 Å². The second kappa shape index (κ2) is 10.2. The van der Waals surface area contributed by atoms with Gasteiger partial charge in [0, 0.05) is 37.6 Å². The van der Waals surface area contributed by atoms with Crippen molar-refractivity contribution in [2.24, 2.45) is 16.6 Å². The highest BCUT2D eigenvalue weighted by Crippen LogP contribution is 2.20. The zero-order valence-electron chi connectivity index (χ0n) is 13.6. The predicted octanol–water partition coefficient (Wildman–Crippen LogP) is 2.87. The van der Waals surface area contributed by atoms with Gasteiger partial charge in [-0.3, -0.25) is 9.79 Å². The van der Waals surface area contributed by atoms with Crippen LogP contribution in [-0.4, -0.2) is 36.9 Å². The van der Waals surface area contributed by atoms with E-state index in [9.17, 15) is 9.18 Å². The van der Waals surface area contributed by atoms with Gasteiger partial charge >= 0.3 is 0 Å².